The average molecular weight is 301 g/mol. The molecule has 2 unspecified atom stereocenters. The Hall–Kier alpha value is -0.0500. The van der Waals surface area contributed by atoms with Crippen LogP contribution in [0.3, 0.4) is 0 Å². The number of rotatable bonds is 1. The van der Waals surface area contributed by atoms with E-state index in [1.807, 2.05) is 0 Å². The summed E-state index contributed by atoms with van der Waals surface area (Å²) in [5.41, 5.74) is 0.621. The van der Waals surface area contributed by atoms with Crippen molar-refractivity contribution in [2.75, 3.05) is 5.33 Å². The lowest BCUT2D eigenvalue weighted by molar-refractivity contribution is -0.141. The standard InChI is InChI=1S/C14H21BrO2/c1-8-4-9-10(13(9,2)3)5-14(8)6-12(16)17-11(14)7-15/h8-11H,4-7H2,1-3H3/t8-,9+,10-,11?,14?/m1/s1. The highest BCUT2D eigenvalue weighted by atomic mass is 79.9. The first-order valence-corrected chi connectivity index (χ1v) is 7.79. The minimum atomic E-state index is 0.0122. The summed E-state index contributed by atoms with van der Waals surface area (Å²) in [6, 6.07) is 0. The van der Waals surface area contributed by atoms with Gasteiger partial charge in [-0.1, -0.05) is 36.7 Å². The number of esters is 1. The normalized spacial score (nSPS) is 51.2. The predicted octanol–water partition coefficient (Wildman–Crippen LogP) is 3.39. The van der Waals surface area contributed by atoms with Crippen LogP contribution in [0.1, 0.15) is 40.0 Å². The van der Waals surface area contributed by atoms with Crippen molar-refractivity contribution in [3.63, 3.8) is 0 Å². The van der Waals surface area contributed by atoms with Gasteiger partial charge in [-0.25, -0.2) is 0 Å². The molecule has 2 aliphatic carbocycles. The maximum absolute atomic E-state index is 11.7. The highest BCUT2D eigenvalue weighted by Crippen LogP contribution is 2.71. The second kappa shape index (κ2) is 3.49. The minimum Gasteiger partial charge on any atom is -0.461 e. The molecule has 2 nitrogen and oxygen atoms in total. The number of hydrogen-bond acceptors (Lipinski definition) is 2. The number of alkyl halides is 1. The first-order valence-electron chi connectivity index (χ1n) is 6.67. The van der Waals surface area contributed by atoms with Gasteiger partial charge in [0.1, 0.15) is 6.10 Å². The molecule has 5 atom stereocenters. The highest BCUT2D eigenvalue weighted by molar-refractivity contribution is 9.09. The smallest absolute Gasteiger partial charge is 0.306 e. The maximum atomic E-state index is 11.7. The van der Waals surface area contributed by atoms with Crippen LogP contribution in [0.15, 0.2) is 0 Å². The summed E-state index contributed by atoms with van der Waals surface area (Å²) in [7, 11) is 0. The molecule has 3 fully saturated rings. The Balaban J connectivity index is 1.89. The molecule has 0 amide bonds. The molecular formula is C14H21BrO2. The van der Waals surface area contributed by atoms with Gasteiger partial charge in [0.2, 0.25) is 0 Å². The van der Waals surface area contributed by atoms with Crippen molar-refractivity contribution >= 4 is 21.9 Å². The lowest BCUT2D eigenvalue weighted by Gasteiger charge is -2.40. The maximum Gasteiger partial charge on any atom is 0.306 e. The van der Waals surface area contributed by atoms with Crippen LogP contribution in [-0.4, -0.2) is 17.4 Å². The van der Waals surface area contributed by atoms with Crippen molar-refractivity contribution < 1.29 is 9.53 Å². The van der Waals surface area contributed by atoms with Crippen LogP contribution < -0.4 is 0 Å². The van der Waals surface area contributed by atoms with Gasteiger partial charge in [0.15, 0.2) is 0 Å². The first-order chi connectivity index (χ1) is 7.91. The van der Waals surface area contributed by atoms with E-state index >= 15 is 0 Å². The molecule has 0 radical (unpaired) electrons. The van der Waals surface area contributed by atoms with E-state index in [1.54, 1.807) is 0 Å². The summed E-state index contributed by atoms with van der Waals surface area (Å²) < 4.78 is 5.52. The Bertz CT molecular complexity index is 365. The molecular weight excluding hydrogens is 280 g/mol. The fourth-order valence-corrected chi connectivity index (χ4v) is 5.31. The molecule has 17 heavy (non-hydrogen) atoms. The Kier molecular flexibility index (Phi) is 2.47. The van der Waals surface area contributed by atoms with Crippen LogP contribution >= 0.6 is 15.9 Å². The van der Waals surface area contributed by atoms with E-state index in [1.165, 1.54) is 12.8 Å². The van der Waals surface area contributed by atoms with E-state index in [0.717, 1.165) is 17.2 Å². The van der Waals surface area contributed by atoms with Crippen molar-refractivity contribution in [2.45, 2.75) is 46.1 Å². The first kappa shape index (κ1) is 12.0. The lowest BCUT2D eigenvalue weighted by atomic mass is 9.63. The number of ether oxygens (including phenoxy) is 1. The third-order valence-electron chi connectivity index (χ3n) is 6.01. The monoisotopic (exact) mass is 300 g/mol. The van der Waals surface area contributed by atoms with E-state index in [-0.39, 0.29) is 17.5 Å². The van der Waals surface area contributed by atoms with Gasteiger partial charge in [0, 0.05) is 10.7 Å². The summed E-state index contributed by atoms with van der Waals surface area (Å²) in [4.78, 5) is 11.7. The molecule has 1 aliphatic heterocycles. The fourth-order valence-electron chi connectivity index (χ4n) is 4.54. The molecule has 0 aromatic rings. The molecule has 3 aliphatic rings. The highest BCUT2D eigenvalue weighted by Gasteiger charge is 2.67. The topological polar surface area (TPSA) is 26.3 Å². The van der Waals surface area contributed by atoms with Crippen molar-refractivity contribution in [1.29, 1.82) is 0 Å². The van der Waals surface area contributed by atoms with Crippen molar-refractivity contribution in [2.24, 2.45) is 28.6 Å². The minimum absolute atomic E-state index is 0.0122. The van der Waals surface area contributed by atoms with Crippen LogP contribution in [0.2, 0.25) is 0 Å². The summed E-state index contributed by atoms with van der Waals surface area (Å²) in [5.74, 6) is 2.32. The summed E-state index contributed by atoms with van der Waals surface area (Å²) in [6.45, 7) is 7.09. The van der Waals surface area contributed by atoms with E-state index in [2.05, 4.69) is 36.7 Å². The Morgan fingerprint density at radius 3 is 2.76 bits per heavy atom. The Labute approximate surface area is 112 Å². The fraction of sp³-hybridized carbons (Fsp3) is 0.929. The molecule has 0 aromatic heterocycles. The predicted molar refractivity (Wildman–Crippen MR) is 69.9 cm³/mol. The van der Waals surface area contributed by atoms with Crippen molar-refractivity contribution in [1.82, 2.24) is 0 Å². The summed E-state index contributed by atoms with van der Waals surface area (Å²) >= 11 is 3.53. The molecule has 96 valence electrons. The van der Waals surface area contributed by atoms with Crippen LogP contribution in [0.4, 0.5) is 0 Å². The molecule has 2 saturated carbocycles. The van der Waals surface area contributed by atoms with E-state index in [4.69, 9.17) is 4.74 Å². The van der Waals surface area contributed by atoms with E-state index < -0.39 is 0 Å². The number of halogens is 1. The molecule has 0 bridgehead atoms. The van der Waals surface area contributed by atoms with Gasteiger partial charge in [-0.3, -0.25) is 4.79 Å². The third-order valence-corrected chi connectivity index (χ3v) is 6.59. The van der Waals surface area contributed by atoms with Crippen LogP contribution in [0.5, 0.6) is 0 Å². The number of fused-ring (bicyclic) bond motifs is 1. The Morgan fingerprint density at radius 2 is 2.12 bits per heavy atom. The molecule has 1 saturated heterocycles. The van der Waals surface area contributed by atoms with Gasteiger partial charge in [0.05, 0.1) is 6.42 Å². The van der Waals surface area contributed by atoms with Gasteiger partial charge in [-0.15, -0.1) is 0 Å². The molecule has 3 rings (SSSR count). The largest absolute Gasteiger partial charge is 0.461 e. The zero-order valence-corrected chi connectivity index (χ0v) is 12.4. The van der Waals surface area contributed by atoms with E-state index in [0.29, 0.717) is 17.8 Å². The third kappa shape index (κ3) is 1.47. The number of hydrogen-bond donors (Lipinski definition) is 0. The second-order valence-electron chi connectivity index (χ2n) is 6.92. The zero-order valence-electron chi connectivity index (χ0n) is 10.8. The van der Waals surface area contributed by atoms with Crippen LogP contribution in [0, 0.1) is 28.6 Å². The van der Waals surface area contributed by atoms with Gasteiger partial charge in [0.25, 0.3) is 0 Å². The molecule has 3 heteroatoms. The van der Waals surface area contributed by atoms with Gasteiger partial charge in [-0.05, 0) is 36.0 Å². The molecule has 0 aromatic carbocycles. The van der Waals surface area contributed by atoms with Crippen molar-refractivity contribution in [3.8, 4) is 0 Å². The van der Waals surface area contributed by atoms with Crippen LogP contribution in [0.25, 0.3) is 0 Å². The van der Waals surface area contributed by atoms with Gasteiger partial charge in [-0.2, -0.15) is 0 Å². The zero-order chi connectivity index (χ0) is 12.4. The average Bonchev–Trinajstić information content (AvgIpc) is 2.65. The number of cyclic esters (lactones) is 1. The summed E-state index contributed by atoms with van der Waals surface area (Å²) in [5, 5.41) is 0.793. The second-order valence-corrected chi connectivity index (χ2v) is 7.57. The lowest BCUT2D eigenvalue weighted by Crippen LogP contribution is -2.41. The molecule has 1 heterocycles. The SMILES string of the molecule is C[C@@H]1C[C@H]2[C@@H](CC13CC(=O)OC3CBr)C2(C)C. The quantitative estimate of drug-likeness (QED) is 0.548. The van der Waals surface area contributed by atoms with Crippen LogP contribution in [-0.2, 0) is 9.53 Å². The number of carbonyl (C=O) groups is 1. The molecule has 0 N–H and O–H groups in total. The van der Waals surface area contributed by atoms with Crippen molar-refractivity contribution in [3.05, 3.63) is 0 Å². The van der Waals surface area contributed by atoms with E-state index in [9.17, 15) is 4.79 Å². The Morgan fingerprint density at radius 1 is 1.41 bits per heavy atom. The number of carbonyl (C=O) groups excluding carboxylic acids is 1. The molecule has 1 spiro atoms. The van der Waals surface area contributed by atoms with Gasteiger partial charge >= 0.3 is 5.97 Å². The van der Waals surface area contributed by atoms with Gasteiger partial charge < -0.3 is 4.74 Å². The summed E-state index contributed by atoms with van der Waals surface area (Å²) in [6.07, 6.45) is 3.21.